The molecule has 0 bridgehead atoms. The Morgan fingerprint density at radius 2 is 1.97 bits per heavy atom. The van der Waals surface area contributed by atoms with Gasteiger partial charge in [-0.25, -0.2) is 5.48 Å². The second-order valence-corrected chi connectivity index (χ2v) is 7.46. The van der Waals surface area contributed by atoms with Gasteiger partial charge in [0.15, 0.2) is 0 Å². The maximum atomic E-state index is 12.4. The predicted octanol–water partition coefficient (Wildman–Crippen LogP) is -0.139. The van der Waals surface area contributed by atoms with Gasteiger partial charge in [-0.15, -0.1) is 0 Å². The highest BCUT2D eigenvalue weighted by Crippen LogP contribution is 2.15. The highest BCUT2D eigenvalue weighted by atomic mass is 16.5. The number of hydrogen-bond donors (Lipinski definition) is 4. The maximum absolute atomic E-state index is 12.4. The molecule has 2 rings (SSSR count). The van der Waals surface area contributed by atoms with Crippen molar-refractivity contribution in [2.45, 2.75) is 31.8 Å². The molecule has 0 aliphatic carbocycles. The molecule has 1 aromatic rings. The number of hydrogen-bond acceptors (Lipinski definition) is 5. The van der Waals surface area contributed by atoms with Gasteiger partial charge in [-0.05, 0) is 50.0 Å². The number of hydroxylamine groups is 1. The molecular formula is C21H24N4O4. The summed E-state index contributed by atoms with van der Waals surface area (Å²) in [6.45, 7) is 4.63. The zero-order chi connectivity index (χ0) is 21.4. The van der Waals surface area contributed by atoms with Gasteiger partial charge in [0.2, 0.25) is 6.41 Å². The number of benzene rings is 1. The molecule has 0 radical (unpaired) electrons. The van der Waals surface area contributed by atoms with Gasteiger partial charge in [-0.3, -0.25) is 19.6 Å². The Hall–Kier alpha value is -3.33. The fourth-order valence-electron chi connectivity index (χ4n) is 2.74. The van der Waals surface area contributed by atoms with Crippen molar-refractivity contribution >= 4 is 18.2 Å². The van der Waals surface area contributed by atoms with Crippen molar-refractivity contribution < 1.29 is 19.6 Å². The van der Waals surface area contributed by atoms with Crippen molar-refractivity contribution in [1.82, 2.24) is 15.7 Å². The first-order valence-electron chi connectivity index (χ1n) is 9.06. The van der Waals surface area contributed by atoms with Crippen molar-refractivity contribution in [1.29, 1.82) is 0 Å². The van der Waals surface area contributed by atoms with Crippen LogP contribution in [0.15, 0.2) is 24.3 Å². The predicted molar refractivity (Wildman–Crippen MR) is 106 cm³/mol. The number of carbonyl (C=O) groups is 3. The third-order valence-corrected chi connectivity index (χ3v) is 4.42. The lowest BCUT2D eigenvalue weighted by atomic mass is 9.95. The molecule has 152 valence electrons. The van der Waals surface area contributed by atoms with Gasteiger partial charge in [-0.2, -0.15) is 0 Å². The van der Waals surface area contributed by atoms with E-state index in [9.17, 15) is 14.4 Å². The Morgan fingerprint density at radius 1 is 1.31 bits per heavy atom. The quantitative estimate of drug-likeness (QED) is 0.231. The van der Waals surface area contributed by atoms with Crippen LogP contribution in [0.2, 0.25) is 0 Å². The minimum atomic E-state index is -1.11. The van der Waals surface area contributed by atoms with E-state index in [0.717, 1.165) is 19.5 Å². The van der Waals surface area contributed by atoms with Crippen LogP contribution in [-0.2, 0) is 9.59 Å². The molecule has 1 atom stereocenters. The highest BCUT2D eigenvalue weighted by molar-refractivity contribution is 5.97. The summed E-state index contributed by atoms with van der Waals surface area (Å²) in [5.74, 6) is 10.5. The van der Waals surface area contributed by atoms with Gasteiger partial charge < -0.3 is 16.0 Å². The molecule has 0 unspecified atom stereocenters. The van der Waals surface area contributed by atoms with E-state index in [2.05, 4.69) is 29.0 Å². The van der Waals surface area contributed by atoms with Crippen LogP contribution in [0.1, 0.15) is 36.2 Å². The Balaban J connectivity index is 1.92. The number of rotatable bonds is 6. The van der Waals surface area contributed by atoms with E-state index < -0.39 is 23.4 Å². The standard InChI is InChI=1S/C21H24N4O4/c1-21(2,22)18(20(28)24-29)23-19(27)17-10-8-15(9-11-17)6-4-3-5-7-16-12-25(13-16)14-26/h8-11,14,16,18,29H,7,12-13,22H2,1-2H3,(H,23,27)(H,24,28)/t18-/m1/s1. The lowest BCUT2D eigenvalue weighted by molar-refractivity contribution is -0.132. The molecular weight excluding hydrogens is 372 g/mol. The lowest BCUT2D eigenvalue weighted by Gasteiger charge is -2.35. The number of likely N-dealkylation sites (tertiary alicyclic amines) is 1. The second-order valence-electron chi connectivity index (χ2n) is 7.46. The van der Waals surface area contributed by atoms with Crippen molar-refractivity contribution in [3.8, 4) is 23.7 Å². The zero-order valence-corrected chi connectivity index (χ0v) is 16.4. The fraction of sp³-hybridized carbons (Fsp3) is 0.381. The number of carbonyl (C=O) groups excluding carboxylic acids is 3. The SMILES string of the molecule is CC(C)(N)[C@H](NC(=O)c1ccc(C#CC#CCC2CN(C=O)C2)cc1)C(=O)NO. The van der Waals surface area contributed by atoms with Crippen molar-refractivity contribution in [3.05, 3.63) is 35.4 Å². The number of nitrogens with two attached hydrogens (primary N) is 1. The van der Waals surface area contributed by atoms with Gasteiger partial charge in [0.1, 0.15) is 6.04 Å². The molecule has 1 fully saturated rings. The van der Waals surface area contributed by atoms with Crippen LogP contribution in [0.4, 0.5) is 0 Å². The van der Waals surface area contributed by atoms with Crippen LogP contribution in [0.5, 0.6) is 0 Å². The molecule has 8 nitrogen and oxygen atoms in total. The monoisotopic (exact) mass is 396 g/mol. The van der Waals surface area contributed by atoms with Crippen LogP contribution in [0.25, 0.3) is 0 Å². The molecule has 0 aromatic heterocycles. The summed E-state index contributed by atoms with van der Waals surface area (Å²) >= 11 is 0. The Bertz CT molecular complexity index is 876. The van der Waals surface area contributed by atoms with Gasteiger partial charge >= 0.3 is 0 Å². The van der Waals surface area contributed by atoms with E-state index in [1.165, 1.54) is 5.48 Å². The van der Waals surface area contributed by atoms with Crippen LogP contribution < -0.4 is 16.5 Å². The molecule has 5 N–H and O–H groups in total. The van der Waals surface area contributed by atoms with E-state index in [1.807, 2.05) is 0 Å². The summed E-state index contributed by atoms with van der Waals surface area (Å²) < 4.78 is 0. The van der Waals surface area contributed by atoms with Gasteiger partial charge in [0.25, 0.3) is 11.8 Å². The van der Waals surface area contributed by atoms with Crippen LogP contribution in [0.3, 0.4) is 0 Å². The summed E-state index contributed by atoms with van der Waals surface area (Å²) in [5, 5.41) is 11.3. The zero-order valence-electron chi connectivity index (χ0n) is 16.4. The Labute approximate surface area is 169 Å². The van der Waals surface area contributed by atoms with Gasteiger partial charge in [0, 0.05) is 42.1 Å². The average molecular weight is 396 g/mol. The molecule has 1 aromatic carbocycles. The molecule has 1 aliphatic rings. The fourth-order valence-corrected chi connectivity index (χ4v) is 2.74. The van der Waals surface area contributed by atoms with Gasteiger partial charge in [0.05, 0.1) is 0 Å². The minimum absolute atomic E-state index is 0.325. The summed E-state index contributed by atoms with van der Waals surface area (Å²) in [5.41, 5.74) is 7.35. The number of amides is 3. The third-order valence-electron chi connectivity index (χ3n) is 4.42. The topological polar surface area (TPSA) is 125 Å². The molecule has 1 saturated heterocycles. The Morgan fingerprint density at radius 3 is 2.52 bits per heavy atom. The summed E-state index contributed by atoms with van der Waals surface area (Å²) in [4.78, 5) is 36.3. The first kappa shape index (κ1) is 22.0. The summed E-state index contributed by atoms with van der Waals surface area (Å²) in [6, 6.07) is 5.39. The molecule has 29 heavy (non-hydrogen) atoms. The summed E-state index contributed by atoms with van der Waals surface area (Å²) in [6.07, 6.45) is 1.55. The average Bonchev–Trinajstić information content (AvgIpc) is 2.66. The molecule has 1 heterocycles. The van der Waals surface area contributed by atoms with Crippen LogP contribution in [0, 0.1) is 29.6 Å². The maximum Gasteiger partial charge on any atom is 0.267 e. The number of nitrogens with one attached hydrogen (secondary N) is 2. The molecule has 1 aliphatic heterocycles. The van der Waals surface area contributed by atoms with E-state index in [1.54, 1.807) is 43.0 Å². The smallest absolute Gasteiger partial charge is 0.267 e. The highest BCUT2D eigenvalue weighted by Gasteiger charge is 2.33. The normalized spacial score (nSPS) is 14.3. The molecule has 0 saturated carbocycles. The van der Waals surface area contributed by atoms with E-state index in [-0.39, 0.29) is 0 Å². The molecule has 8 heteroatoms. The lowest BCUT2D eigenvalue weighted by Crippen LogP contribution is -2.61. The van der Waals surface area contributed by atoms with E-state index in [4.69, 9.17) is 10.9 Å². The summed E-state index contributed by atoms with van der Waals surface area (Å²) in [7, 11) is 0. The minimum Gasteiger partial charge on any atom is -0.345 e. The largest absolute Gasteiger partial charge is 0.345 e. The van der Waals surface area contributed by atoms with Crippen LogP contribution >= 0.6 is 0 Å². The van der Waals surface area contributed by atoms with Crippen molar-refractivity contribution in [3.63, 3.8) is 0 Å². The van der Waals surface area contributed by atoms with E-state index >= 15 is 0 Å². The molecule has 0 spiro atoms. The van der Waals surface area contributed by atoms with E-state index in [0.29, 0.717) is 23.5 Å². The number of nitrogens with zero attached hydrogens (tertiary/aromatic N) is 1. The third kappa shape index (κ3) is 6.35. The van der Waals surface area contributed by atoms with Gasteiger partial charge in [-0.1, -0.05) is 11.8 Å². The van der Waals surface area contributed by atoms with Crippen LogP contribution in [-0.4, -0.2) is 53.0 Å². The van der Waals surface area contributed by atoms with Crippen molar-refractivity contribution in [2.24, 2.45) is 11.7 Å². The Kier molecular flexibility index (Phi) is 7.38. The first-order valence-corrected chi connectivity index (χ1v) is 9.06. The second kappa shape index (κ2) is 9.74. The van der Waals surface area contributed by atoms with Crippen molar-refractivity contribution in [2.75, 3.05) is 13.1 Å². The first-order chi connectivity index (χ1) is 13.7. The molecule has 3 amide bonds.